The van der Waals surface area contributed by atoms with E-state index in [9.17, 15) is 4.79 Å². The standard InChI is InChI=1S/C15H28N2O4/c16-8-9-19-10-11-20-12-13-21-15(18)17-14-6-4-2-1-3-5-7-14/h6H,1-5,7-13,16H2,(H,17,18)/b14-6+. The number of nitrogens with one attached hydrogen (secondary N) is 1. The fraction of sp³-hybridized carbons (Fsp3) is 0.800. The highest BCUT2D eigenvalue weighted by Crippen LogP contribution is 2.15. The molecule has 0 aromatic carbocycles. The van der Waals surface area contributed by atoms with Gasteiger partial charge in [-0.3, -0.25) is 5.32 Å². The lowest BCUT2D eigenvalue weighted by molar-refractivity contribution is 0.0303. The zero-order chi connectivity index (χ0) is 15.2. The van der Waals surface area contributed by atoms with Crippen molar-refractivity contribution >= 4 is 6.09 Å². The first kappa shape index (κ1) is 17.9. The lowest BCUT2D eigenvalue weighted by Crippen LogP contribution is -2.25. The molecule has 1 aliphatic rings. The number of carbonyl (C=O) groups is 1. The molecule has 0 atom stereocenters. The Labute approximate surface area is 127 Å². The van der Waals surface area contributed by atoms with E-state index in [0.29, 0.717) is 33.0 Å². The predicted molar refractivity (Wildman–Crippen MR) is 81.0 cm³/mol. The molecule has 122 valence electrons. The number of nitrogens with two attached hydrogens (primary N) is 1. The summed E-state index contributed by atoms with van der Waals surface area (Å²) in [6, 6.07) is 0. The summed E-state index contributed by atoms with van der Waals surface area (Å²) in [4.78, 5) is 11.6. The maximum Gasteiger partial charge on any atom is 0.411 e. The van der Waals surface area contributed by atoms with Gasteiger partial charge in [0.2, 0.25) is 0 Å². The number of ether oxygens (including phenoxy) is 3. The summed E-state index contributed by atoms with van der Waals surface area (Å²) in [5.74, 6) is 0. The van der Waals surface area contributed by atoms with Crippen molar-refractivity contribution in [2.24, 2.45) is 5.73 Å². The summed E-state index contributed by atoms with van der Waals surface area (Å²) in [7, 11) is 0. The summed E-state index contributed by atoms with van der Waals surface area (Å²) >= 11 is 0. The minimum absolute atomic E-state index is 0.246. The maximum absolute atomic E-state index is 11.6. The SMILES string of the molecule is NCCOCCOCCOC(=O)N/C1=C/CCCCCC1. The molecular formula is C15H28N2O4. The molecule has 3 N–H and O–H groups in total. The Balaban J connectivity index is 2.00. The summed E-state index contributed by atoms with van der Waals surface area (Å²) in [5.41, 5.74) is 6.27. The van der Waals surface area contributed by atoms with Gasteiger partial charge in [-0.1, -0.05) is 18.9 Å². The first-order chi connectivity index (χ1) is 10.3. The van der Waals surface area contributed by atoms with E-state index in [1.165, 1.54) is 19.3 Å². The molecule has 21 heavy (non-hydrogen) atoms. The second-order valence-electron chi connectivity index (χ2n) is 4.96. The number of hydrogen-bond acceptors (Lipinski definition) is 5. The highest BCUT2D eigenvalue weighted by atomic mass is 16.6. The molecule has 0 saturated carbocycles. The maximum atomic E-state index is 11.6. The molecule has 6 nitrogen and oxygen atoms in total. The quantitative estimate of drug-likeness (QED) is 0.636. The van der Waals surface area contributed by atoms with Gasteiger partial charge < -0.3 is 19.9 Å². The molecule has 0 spiro atoms. The van der Waals surface area contributed by atoms with Gasteiger partial charge in [0.05, 0.1) is 26.4 Å². The number of alkyl carbamates (subject to hydrolysis) is 1. The molecule has 0 unspecified atom stereocenters. The second-order valence-corrected chi connectivity index (χ2v) is 4.96. The van der Waals surface area contributed by atoms with Crippen LogP contribution in [0.4, 0.5) is 4.79 Å². The van der Waals surface area contributed by atoms with Gasteiger partial charge in [-0.25, -0.2) is 4.79 Å². The van der Waals surface area contributed by atoms with Crippen LogP contribution in [0.1, 0.15) is 38.5 Å². The highest BCUT2D eigenvalue weighted by molar-refractivity contribution is 5.69. The van der Waals surface area contributed by atoms with Crippen molar-refractivity contribution in [3.63, 3.8) is 0 Å². The molecule has 0 aliphatic heterocycles. The summed E-state index contributed by atoms with van der Waals surface area (Å²) in [6.07, 6.45) is 8.48. The van der Waals surface area contributed by atoms with Gasteiger partial charge in [0.25, 0.3) is 0 Å². The molecule has 0 heterocycles. The van der Waals surface area contributed by atoms with Crippen molar-refractivity contribution in [3.05, 3.63) is 11.8 Å². The van der Waals surface area contributed by atoms with E-state index in [0.717, 1.165) is 25.0 Å². The van der Waals surface area contributed by atoms with Gasteiger partial charge in [0, 0.05) is 12.2 Å². The third kappa shape index (κ3) is 10.3. The molecule has 0 aromatic heterocycles. The predicted octanol–water partition coefficient (Wildman–Crippen LogP) is 1.94. The van der Waals surface area contributed by atoms with Crippen LogP contribution in [0.2, 0.25) is 0 Å². The average Bonchev–Trinajstić information content (AvgIpc) is 2.44. The second kappa shape index (κ2) is 12.6. The Morgan fingerprint density at radius 2 is 1.76 bits per heavy atom. The molecule has 0 fully saturated rings. The van der Waals surface area contributed by atoms with Crippen LogP contribution in [-0.2, 0) is 14.2 Å². The number of hydrogen-bond donors (Lipinski definition) is 2. The van der Waals surface area contributed by atoms with Crippen LogP contribution >= 0.6 is 0 Å². The van der Waals surface area contributed by atoms with Crippen LogP contribution in [-0.4, -0.2) is 45.7 Å². The lowest BCUT2D eigenvalue weighted by atomic mass is 10.0. The minimum Gasteiger partial charge on any atom is -0.447 e. The molecule has 1 amide bonds. The van der Waals surface area contributed by atoms with E-state index < -0.39 is 6.09 Å². The Bertz CT molecular complexity index is 308. The molecular weight excluding hydrogens is 272 g/mol. The first-order valence-electron chi connectivity index (χ1n) is 7.81. The van der Waals surface area contributed by atoms with E-state index in [-0.39, 0.29) is 6.61 Å². The molecule has 0 bridgehead atoms. The Kier molecular flexibility index (Phi) is 10.8. The van der Waals surface area contributed by atoms with Gasteiger partial charge in [-0.2, -0.15) is 0 Å². The van der Waals surface area contributed by atoms with Gasteiger partial charge in [-0.05, 0) is 25.7 Å². The van der Waals surface area contributed by atoms with Crippen molar-refractivity contribution in [1.82, 2.24) is 5.32 Å². The van der Waals surface area contributed by atoms with Gasteiger partial charge in [-0.15, -0.1) is 0 Å². The van der Waals surface area contributed by atoms with Crippen molar-refractivity contribution in [2.45, 2.75) is 38.5 Å². The van der Waals surface area contributed by atoms with Gasteiger partial charge in [0.15, 0.2) is 0 Å². The zero-order valence-corrected chi connectivity index (χ0v) is 12.8. The molecule has 1 aliphatic carbocycles. The number of rotatable bonds is 9. The Hall–Kier alpha value is -1.11. The minimum atomic E-state index is -0.398. The van der Waals surface area contributed by atoms with Crippen LogP contribution in [0.25, 0.3) is 0 Å². The van der Waals surface area contributed by atoms with E-state index >= 15 is 0 Å². The van der Waals surface area contributed by atoms with Crippen LogP contribution in [0, 0.1) is 0 Å². The number of allylic oxidation sites excluding steroid dienone is 2. The highest BCUT2D eigenvalue weighted by Gasteiger charge is 2.07. The average molecular weight is 300 g/mol. The van der Waals surface area contributed by atoms with E-state index in [4.69, 9.17) is 19.9 Å². The van der Waals surface area contributed by atoms with Crippen LogP contribution in [0.15, 0.2) is 11.8 Å². The molecule has 0 radical (unpaired) electrons. The monoisotopic (exact) mass is 300 g/mol. The van der Waals surface area contributed by atoms with Gasteiger partial charge in [0.1, 0.15) is 6.61 Å². The largest absolute Gasteiger partial charge is 0.447 e. The molecule has 0 aromatic rings. The van der Waals surface area contributed by atoms with E-state index in [2.05, 4.69) is 11.4 Å². The van der Waals surface area contributed by atoms with Crippen LogP contribution in [0.5, 0.6) is 0 Å². The summed E-state index contributed by atoms with van der Waals surface area (Å²) in [6.45, 7) is 2.66. The number of amides is 1. The van der Waals surface area contributed by atoms with Crippen LogP contribution < -0.4 is 11.1 Å². The first-order valence-corrected chi connectivity index (χ1v) is 7.81. The van der Waals surface area contributed by atoms with E-state index in [1.807, 2.05) is 0 Å². The zero-order valence-electron chi connectivity index (χ0n) is 12.8. The molecule has 1 rings (SSSR count). The topological polar surface area (TPSA) is 82.8 Å². The fourth-order valence-electron chi connectivity index (χ4n) is 2.07. The van der Waals surface area contributed by atoms with Crippen LogP contribution in [0.3, 0.4) is 0 Å². The molecule has 0 saturated heterocycles. The lowest BCUT2D eigenvalue weighted by Gasteiger charge is -2.13. The molecule has 6 heteroatoms. The van der Waals surface area contributed by atoms with Crippen molar-refractivity contribution in [3.8, 4) is 0 Å². The van der Waals surface area contributed by atoms with E-state index in [1.54, 1.807) is 0 Å². The number of carbonyl (C=O) groups excluding carboxylic acids is 1. The smallest absolute Gasteiger partial charge is 0.411 e. The fourth-order valence-corrected chi connectivity index (χ4v) is 2.07. The third-order valence-corrected chi connectivity index (χ3v) is 3.15. The van der Waals surface area contributed by atoms with Crippen molar-refractivity contribution < 1.29 is 19.0 Å². The van der Waals surface area contributed by atoms with Crippen molar-refractivity contribution in [2.75, 3.05) is 39.6 Å². The summed E-state index contributed by atoms with van der Waals surface area (Å²) in [5, 5.41) is 2.81. The van der Waals surface area contributed by atoms with Gasteiger partial charge >= 0.3 is 6.09 Å². The third-order valence-electron chi connectivity index (χ3n) is 3.15. The van der Waals surface area contributed by atoms with Crippen molar-refractivity contribution in [1.29, 1.82) is 0 Å². The Morgan fingerprint density at radius 3 is 2.57 bits per heavy atom. The summed E-state index contributed by atoms with van der Waals surface area (Å²) < 4.78 is 15.5. The normalized spacial score (nSPS) is 18.2. The Morgan fingerprint density at radius 1 is 1.05 bits per heavy atom.